The molecule has 0 amide bonds. The van der Waals surface area contributed by atoms with Gasteiger partial charge in [-0.25, -0.2) is 0 Å². The molecule has 0 aliphatic carbocycles. The molecule has 3 aromatic rings. The molecular formula is C19H12Cl4O5S. The summed E-state index contributed by atoms with van der Waals surface area (Å²) in [4.78, 5) is 0. The van der Waals surface area contributed by atoms with Gasteiger partial charge in [-0.15, -0.1) is 0 Å². The van der Waals surface area contributed by atoms with Gasteiger partial charge in [0.2, 0.25) is 0 Å². The van der Waals surface area contributed by atoms with Gasteiger partial charge in [0.25, 0.3) is 10.1 Å². The van der Waals surface area contributed by atoms with Gasteiger partial charge in [0.15, 0.2) is 16.2 Å². The Bertz CT molecular complexity index is 1190. The van der Waals surface area contributed by atoms with Gasteiger partial charge in [0.05, 0.1) is 5.02 Å². The van der Waals surface area contributed by atoms with Gasteiger partial charge in [-0.1, -0.05) is 64.6 Å². The van der Waals surface area contributed by atoms with Crippen molar-refractivity contribution >= 4 is 56.5 Å². The molecule has 0 aromatic heterocycles. The van der Waals surface area contributed by atoms with E-state index in [0.29, 0.717) is 0 Å². The smallest absolute Gasteiger partial charge is 0.283 e. The maximum Gasteiger partial charge on any atom is 0.283 e. The third-order valence-electron chi connectivity index (χ3n) is 4.38. The summed E-state index contributed by atoms with van der Waals surface area (Å²) >= 11 is 25.0. The van der Waals surface area contributed by atoms with E-state index in [9.17, 15) is 23.2 Å². The lowest BCUT2D eigenvalue weighted by atomic mass is 9.83. The van der Waals surface area contributed by atoms with Crippen molar-refractivity contribution in [2.24, 2.45) is 0 Å². The molecule has 0 aliphatic heterocycles. The first-order valence-corrected chi connectivity index (χ1v) is 10.8. The molecule has 0 radical (unpaired) electrons. The van der Waals surface area contributed by atoms with E-state index in [4.69, 9.17) is 46.4 Å². The van der Waals surface area contributed by atoms with Crippen LogP contribution in [0.1, 0.15) is 16.7 Å². The first kappa shape index (κ1) is 22.0. The quantitative estimate of drug-likeness (QED) is 0.239. The van der Waals surface area contributed by atoms with E-state index in [1.54, 1.807) is 0 Å². The van der Waals surface area contributed by atoms with Gasteiger partial charge in [0, 0.05) is 32.3 Å². The van der Waals surface area contributed by atoms with Gasteiger partial charge in [-0.2, -0.15) is 8.42 Å². The van der Waals surface area contributed by atoms with Crippen LogP contribution >= 0.6 is 46.4 Å². The molecule has 10 heteroatoms. The first-order chi connectivity index (χ1) is 13.5. The largest absolute Gasteiger partial charge is 0.504 e. The number of aromatic hydroxyl groups is 2. The molecule has 0 spiro atoms. The van der Waals surface area contributed by atoms with Gasteiger partial charge in [-0.05, 0) is 35.9 Å². The van der Waals surface area contributed by atoms with Gasteiger partial charge in [0.1, 0.15) is 0 Å². The fourth-order valence-corrected chi connectivity index (χ4v) is 5.90. The van der Waals surface area contributed by atoms with Crippen molar-refractivity contribution in [2.45, 2.75) is 4.75 Å². The van der Waals surface area contributed by atoms with Crippen LogP contribution in [0.4, 0.5) is 0 Å². The molecule has 0 aliphatic rings. The lowest BCUT2D eigenvalue weighted by Crippen LogP contribution is -2.39. The van der Waals surface area contributed by atoms with Crippen molar-refractivity contribution < 1.29 is 23.2 Å². The van der Waals surface area contributed by atoms with Crippen LogP contribution in [-0.4, -0.2) is 23.2 Å². The van der Waals surface area contributed by atoms with Crippen LogP contribution in [0.15, 0.2) is 54.6 Å². The zero-order valence-electron chi connectivity index (χ0n) is 14.3. The number of hydrogen-bond acceptors (Lipinski definition) is 4. The number of benzene rings is 3. The molecule has 0 saturated carbocycles. The second kappa shape index (κ2) is 7.87. The number of phenolic OH excluding ortho intramolecular Hbond substituents is 2. The Hall–Kier alpha value is -1.67. The summed E-state index contributed by atoms with van der Waals surface area (Å²) < 4.78 is 34.1. The fourth-order valence-electron chi connectivity index (χ4n) is 3.21. The minimum atomic E-state index is -5.10. The van der Waals surface area contributed by atoms with Gasteiger partial charge in [-0.3, -0.25) is 4.55 Å². The molecular weight excluding hydrogens is 482 g/mol. The van der Waals surface area contributed by atoms with Gasteiger partial charge >= 0.3 is 0 Å². The van der Waals surface area contributed by atoms with E-state index >= 15 is 0 Å². The lowest BCUT2D eigenvalue weighted by Gasteiger charge is -2.34. The zero-order chi connectivity index (χ0) is 21.6. The van der Waals surface area contributed by atoms with Crippen LogP contribution < -0.4 is 0 Å². The highest BCUT2D eigenvalue weighted by atomic mass is 35.5. The second-order valence-electron chi connectivity index (χ2n) is 6.08. The van der Waals surface area contributed by atoms with Crippen LogP contribution in [0.5, 0.6) is 11.5 Å². The SMILES string of the molecule is O=S(=O)(O)C(c1cccc(Cl)c1)(c1cc(O)c(O)cc1Cl)c1c(Cl)cccc1Cl. The second-order valence-corrected chi connectivity index (χ2v) is 9.30. The minimum absolute atomic E-state index is 0.0329. The fraction of sp³-hybridized carbons (Fsp3) is 0.0526. The molecule has 1 unspecified atom stereocenters. The predicted molar refractivity (Wildman–Crippen MR) is 114 cm³/mol. The summed E-state index contributed by atoms with van der Waals surface area (Å²) in [6.45, 7) is 0. The van der Waals surface area contributed by atoms with Crippen molar-refractivity contribution in [3.8, 4) is 11.5 Å². The Labute approximate surface area is 186 Å². The zero-order valence-corrected chi connectivity index (χ0v) is 18.1. The molecule has 152 valence electrons. The molecule has 5 nitrogen and oxygen atoms in total. The van der Waals surface area contributed by atoms with Crippen LogP contribution in [0.3, 0.4) is 0 Å². The highest BCUT2D eigenvalue weighted by Crippen LogP contribution is 2.52. The Kier molecular flexibility index (Phi) is 5.98. The van der Waals surface area contributed by atoms with E-state index < -0.39 is 26.4 Å². The Morgan fingerprint density at radius 1 is 0.759 bits per heavy atom. The third-order valence-corrected chi connectivity index (χ3v) is 6.99. The number of rotatable bonds is 4. The monoisotopic (exact) mass is 492 g/mol. The number of phenols is 2. The van der Waals surface area contributed by atoms with Crippen LogP contribution in [0.25, 0.3) is 0 Å². The summed E-state index contributed by atoms with van der Waals surface area (Å²) in [7, 11) is -5.10. The molecule has 29 heavy (non-hydrogen) atoms. The summed E-state index contributed by atoms with van der Waals surface area (Å²) in [6.07, 6.45) is 0. The highest BCUT2D eigenvalue weighted by molar-refractivity contribution is 7.87. The topological polar surface area (TPSA) is 94.8 Å². The van der Waals surface area contributed by atoms with E-state index in [1.807, 2.05) is 0 Å². The van der Waals surface area contributed by atoms with E-state index in [2.05, 4.69) is 0 Å². The molecule has 0 heterocycles. The average Bonchev–Trinajstić information content (AvgIpc) is 2.61. The molecule has 3 rings (SSSR count). The average molecular weight is 494 g/mol. The summed E-state index contributed by atoms with van der Waals surface area (Å²) in [5.41, 5.74) is -0.510. The maximum atomic E-state index is 13.0. The summed E-state index contributed by atoms with van der Waals surface area (Å²) in [5.74, 6) is -1.25. The van der Waals surface area contributed by atoms with Crippen LogP contribution in [0.2, 0.25) is 20.1 Å². The van der Waals surface area contributed by atoms with Crippen molar-refractivity contribution in [1.29, 1.82) is 0 Å². The van der Waals surface area contributed by atoms with E-state index in [-0.39, 0.29) is 36.8 Å². The van der Waals surface area contributed by atoms with Crippen molar-refractivity contribution in [2.75, 3.05) is 0 Å². The maximum absolute atomic E-state index is 13.0. The highest BCUT2D eigenvalue weighted by Gasteiger charge is 2.52. The van der Waals surface area contributed by atoms with Crippen molar-refractivity contribution in [3.05, 3.63) is 91.4 Å². The van der Waals surface area contributed by atoms with Crippen LogP contribution in [-0.2, 0) is 14.9 Å². The van der Waals surface area contributed by atoms with E-state index in [0.717, 1.165) is 12.1 Å². The van der Waals surface area contributed by atoms with E-state index in [1.165, 1.54) is 42.5 Å². The molecule has 0 bridgehead atoms. The normalized spacial score (nSPS) is 13.8. The third kappa shape index (κ3) is 3.65. The first-order valence-electron chi connectivity index (χ1n) is 7.89. The summed E-state index contributed by atoms with van der Waals surface area (Å²) in [5, 5.41) is 19.6. The lowest BCUT2D eigenvalue weighted by molar-refractivity contribution is 0.402. The Morgan fingerprint density at radius 2 is 1.31 bits per heavy atom. The number of hydrogen-bond donors (Lipinski definition) is 3. The molecule has 0 fully saturated rings. The predicted octanol–water partition coefficient (Wildman–Crippen LogP) is 5.89. The molecule has 3 N–H and O–H groups in total. The summed E-state index contributed by atoms with van der Waals surface area (Å²) in [6, 6.07) is 11.8. The number of halogens is 4. The van der Waals surface area contributed by atoms with Crippen molar-refractivity contribution in [3.63, 3.8) is 0 Å². The standard InChI is InChI=1S/C19H12Cl4O5S/c20-11-4-1-3-10(7-11)19(29(26,27)28,18-13(21)5-2-6-14(18)22)12-8-16(24)17(25)9-15(12)23/h1-9,24-25H,(H,26,27,28). The molecule has 1 atom stereocenters. The van der Waals surface area contributed by atoms with Crippen LogP contribution in [0, 0.1) is 0 Å². The Morgan fingerprint density at radius 3 is 1.86 bits per heavy atom. The molecule has 0 saturated heterocycles. The van der Waals surface area contributed by atoms with Crippen molar-refractivity contribution in [1.82, 2.24) is 0 Å². The minimum Gasteiger partial charge on any atom is -0.504 e. The molecule has 3 aromatic carbocycles. The van der Waals surface area contributed by atoms with Gasteiger partial charge < -0.3 is 10.2 Å². The Balaban J connectivity index is 2.66.